The van der Waals surface area contributed by atoms with E-state index in [0.717, 1.165) is 57.9 Å². The molecule has 1 fully saturated rings. The van der Waals surface area contributed by atoms with Gasteiger partial charge in [-0.1, -0.05) is 43.9 Å². The third-order valence-corrected chi connectivity index (χ3v) is 11.3. The maximum Gasteiger partial charge on any atom is 0.337 e. The van der Waals surface area contributed by atoms with E-state index in [1.54, 1.807) is 13.2 Å². The van der Waals surface area contributed by atoms with Gasteiger partial charge in [-0.25, -0.2) is 17.5 Å². The number of benzene rings is 3. The summed E-state index contributed by atoms with van der Waals surface area (Å²) in [5, 5.41) is 15.4. The second-order valence-electron chi connectivity index (χ2n) is 12.6. The average molecular weight is 705 g/mol. The number of nitro benzene ring substituents is 1. The summed E-state index contributed by atoms with van der Waals surface area (Å²) in [6.45, 7) is 0.598. The Morgan fingerprint density at radius 3 is 2.38 bits per heavy atom. The van der Waals surface area contributed by atoms with Crippen LogP contribution in [0.1, 0.15) is 73.2 Å². The molecule has 0 unspecified atom stereocenters. The van der Waals surface area contributed by atoms with Crippen LogP contribution in [0.25, 0.3) is 22.2 Å². The first-order valence-electron chi connectivity index (χ1n) is 16.9. The summed E-state index contributed by atoms with van der Waals surface area (Å²) in [7, 11) is 0.339. The Morgan fingerprint density at radius 1 is 0.980 bits per heavy atom. The number of carbonyl (C=O) groups is 2. The van der Waals surface area contributed by atoms with Crippen LogP contribution >= 0.6 is 0 Å². The van der Waals surface area contributed by atoms with Gasteiger partial charge in [0.05, 0.1) is 35.9 Å². The largest absolute Gasteiger partial charge is 0.497 e. The van der Waals surface area contributed by atoms with Gasteiger partial charge < -0.3 is 19.4 Å². The lowest BCUT2D eigenvalue weighted by Gasteiger charge is -2.24. The SMILES string of the molecule is COC(=O)c1ccc2c(C3CCCCC3)c(-c3ccc(OC)cc3)n(CC(=O)NCCCCCN(C)S(=O)(=O)c3ccccc3[N+](=O)[O-])c2c1. The van der Waals surface area contributed by atoms with Crippen molar-refractivity contribution in [2.24, 2.45) is 0 Å². The first kappa shape index (κ1) is 36.5. The van der Waals surface area contributed by atoms with Crippen molar-refractivity contribution in [1.29, 1.82) is 0 Å². The number of amides is 1. The Bertz CT molecular complexity index is 1950. The van der Waals surface area contributed by atoms with Crippen molar-refractivity contribution in [1.82, 2.24) is 14.2 Å². The highest BCUT2D eigenvalue weighted by molar-refractivity contribution is 7.89. The number of hydrogen-bond acceptors (Lipinski definition) is 8. The minimum absolute atomic E-state index is 0.0338. The van der Waals surface area contributed by atoms with Crippen molar-refractivity contribution in [3.63, 3.8) is 0 Å². The molecule has 4 aromatic rings. The predicted molar refractivity (Wildman–Crippen MR) is 191 cm³/mol. The van der Waals surface area contributed by atoms with Crippen molar-refractivity contribution in [2.75, 3.05) is 34.4 Å². The van der Waals surface area contributed by atoms with Gasteiger partial charge in [-0.15, -0.1) is 0 Å². The highest BCUT2D eigenvalue weighted by Crippen LogP contribution is 2.44. The minimum atomic E-state index is -4.04. The van der Waals surface area contributed by atoms with Gasteiger partial charge >= 0.3 is 5.97 Å². The maximum absolute atomic E-state index is 13.5. The molecule has 1 saturated carbocycles. The number of unbranched alkanes of at least 4 members (excludes halogenated alkanes) is 2. The molecule has 1 aromatic heterocycles. The van der Waals surface area contributed by atoms with Gasteiger partial charge in [-0.2, -0.15) is 0 Å². The number of hydrogen-bond donors (Lipinski definition) is 1. The first-order chi connectivity index (χ1) is 24.1. The monoisotopic (exact) mass is 704 g/mol. The Kier molecular flexibility index (Phi) is 11.9. The third-order valence-electron chi connectivity index (χ3n) is 9.43. The lowest BCUT2D eigenvalue weighted by molar-refractivity contribution is -0.387. The van der Waals surface area contributed by atoms with E-state index < -0.39 is 26.6 Å². The smallest absolute Gasteiger partial charge is 0.337 e. The van der Waals surface area contributed by atoms with Crippen molar-refractivity contribution >= 4 is 38.5 Å². The zero-order valence-corrected chi connectivity index (χ0v) is 29.5. The molecular weight excluding hydrogens is 660 g/mol. The van der Waals surface area contributed by atoms with E-state index in [1.807, 2.05) is 41.0 Å². The van der Waals surface area contributed by atoms with E-state index in [-0.39, 0.29) is 23.9 Å². The van der Waals surface area contributed by atoms with Crippen LogP contribution in [0.4, 0.5) is 5.69 Å². The summed E-state index contributed by atoms with van der Waals surface area (Å²) < 4.78 is 39.6. The van der Waals surface area contributed by atoms with Crippen molar-refractivity contribution in [3.8, 4) is 17.0 Å². The molecule has 0 saturated heterocycles. The number of rotatable bonds is 15. The molecular formula is C37H44N4O8S. The van der Waals surface area contributed by atoms with E-state index in [9.17, 15) is 28.1 Å². The van der Waals surface area contributed by atoms with Gasteiger partial charge in [0.2, 0.25) is 15.9 Å². The zero-order valence-electron chi connectivity index (χ0n) is 28.7. The Labute approximate surface area is 292 Å². The number of aromatic nitrogens is 1. The second-order valence-corrected chi connectivity index (χ2v) is 14.6. The Balaban J connectivity index is 1.31. The number of carbonyl (C=O) groups excluding carboxylic acids is 2. The summed E-state index contributed by atoms with van der Waals surface area (Å²) in [5.74, 6) is 0.402. The quantitative estimate of drug-likeness (QED) is 0.0624. The van der Waals surface area contributed by atoms with E-state index in [2.05, 4.69) is 5.32 Å². The number of esters is 1. The number of fused-ring (bicyclic) bond motifs is 1. The maximum atomic E-state index is 13.5. The van der Waals surface area contributed by atoms with Crippen LogP contribution < -0.4 is 10.1 Å². The fourth-order valence-corrected chi connectivity index (χ4v) is 8.19. The fourth-order valence-electron chi connectivity index (χ4n) is 6.83. The van der Waals surface area contributed by atoms with E-state index in [1.165, 1.54) is 50.4 Å². The molecule has 13 heteroatoms. The van der Waals surface area contributed by atoms with Crippen LogP contribution in [0.15, 0.2) is 71.6 Å². The molecule has 1 amide bonds. The molecule has 1 heterocycles. The van der Waals surface area contributed by atoms with Gasteiger partial charge in [0, 0.05) is 31.6 Å². The Hall–Kier alpha value is -4.75. The van der Waals surface area contributed by atoms with Crippen molar-refractivity contribution in [2.45, 2.75) is 68.7 Å². The molecule has 50 heavy (non-hydrogen) atoms. The molecule has 0 spiro atoms. The van der Waals surface area contributed by atoms with E-state index in [4.69, 9.17) is 9.47 Å². The normalized spacial score (nSPS) is 13.8. The molecule has 1 N–H and O–H groups in total. The minimum Gasteiger partial charge on any atom is -0.497 e. The summed E-state index contributed by atoms with van der Waals surface area (Å²) in [6, 6.07) is 18.7. The highest BCUT2D eigenvalue weighted by atomic mass is 32.2. The number of para-hydroxylation sites is 1. The first-order valence-corrected chi connectivity index (χ1v) is 18.4. The van der Waals surface area contributed by atoms with Crippen molar-refractivity contribution in [3.05, 3.63) is 88.0 Å². The summed E-state index contributed by atoms with van der Waals surface area (Å²) >= 11 is 0. The van der Waals surface area contributed by atoms with Gasteiger partial charge in [-0.05, 0) is 85.2 Å². The predicted octanol–water partition coefficient (Wildman–Crippen LogP) is 6.67. The molecule has 0 atom stereocenters. The van der Waals surface area contributed by atoms with Gasteiger partial charge in [0.25, 0.3) is 5.69 Å². The number of nitrogens with one attached hydrogen (secondary N) is 1. The van der Waals surface area contributed by atoms with Gasteiger partial charge in [0.15, 0.2) is 4.90 Å². The molecule has 3 aromatic carbocycles. The van der Waals surface area contributed by atoms with Crippen LogP contribution in [0.5, 0.6) is 5.75 Å². The number of sulfonamides is 1. The highest BCUT2D eigenvalue weighted by Gasteiger charge is 2.30. The Morgan fingerprint density at radius 2 is 1.70 bits per heavy atom. The third kappa shape index (κ3) is 8.00. The summed E-state index contributed by atoms with van der Waals surface area (Å²) in [4.78, 5) is 36.4. The molecule has 1 aliphatic carbocycles. The van der Waals surface area contributed by atoms with Crippen LogP contribution in [0, 0.1) is 10.1 Å². The topological polar surface area (TPSA) is 150 Å². The summed E-state index contributed by atoms with van der Waals surface area (Å²) in [6.07, 6.45) is 7.32. The average Bonchev–Trinajstić information content (AvgIpc) is 3.45. The molecule has 5 rings (SSSR count). The molecule has 12 nitrogen and oxygen atoms in total. The number of nitrogens with zero attached hydrogens (tertiary/aromatic N) is 3. The lowest BCUT2D eigenvalue weighted by Crippen LogP contribution is -2.30. The zero-order chi connectivity index (χ0) is 35.8. The van der Waals surface area contributed by atoms with Crippen LogP contribution in [-0.4, -0.2) is 68.4 Å². The van der Waals surface area contributed by atoms with Crippen LogP contribution in [0.2, 0.25) is 0 Å². The fraction of sp³-hybridized carbons (Fsp3) is 0.405. The summed E-state index contributed by atoms with van der Waals surface area (Å²) in [5.41, 5.74) is 3.83. The number of methoxy groups -OCH3 is 2. The number of ether oxygens (including phenoxy) is 2. The molecule has 0 radical (unpaired) electrons. The number of nitro groups is 1. The van der Waals surface area contributed by atoms with Crippen LogP contribution in [-0.2, 0) is 26.1 Å². The second kappa shape index (κ2) is 16.3. The van der Waals surface area contributed by atoms with E-state index in [0.29, 0.717) is 37.3 Å². The van der Waals surface area contributed by atoms with Crippen LogP contribution in [0.3, 0.4) is 0 Å². The van der Waals surface area contributed by atoms with E-state index >= 15 is 0 Å². The van der Waals surface area contributed by atoms with Crippen molar-refractivity contribution < 1.29 is 32.4 Å². The molecule has 0 aliphatic heterocycles. The molecule has 266 valence electrons. The van der Waals surface area contributed by atoms with Gasteiger partial charge in [0.1, 0.15) is 12.3 Å². The standard InChI is InChI=1S/C37H44N4O8S/c1-39(50(46,47)33-15-9-8-14-31(33)41(44)45)23-11-5-10-22-38-34(42)25-40-32-24-28(37(43)49-3)18-21-30(32)35(26-12-6-4-7-13-26)36(40)27-16-19-29(48-2)20-17-27/h8-9,14-21,24,26H,4-7,10-13,22-23,25H2,1-3H3,(H,38,42). The van der Waals surface area contributed by atoms with Gasteiger partial charge in [-0.3, -0.25) is 14.9 Å². The lowest BCUT2D eigenvalue weighted by atomic mass is 9.82. The molecule has 0 bridgehead atoms. The molecule has 1 aliphatic rings.